The van der Waals surface area contributed by atoms with E-state index in [0.29, 0.717) is 14.5 Å². The quantitative estimate of drug-likeness (QED) is 0.776. The third-order valence-corrected chi connectivity index (χ3v) is 3.82. The molecule has 0 bridgehead atoms. The smallest absolute Gasteiger partial charge is 0.426 e. The van der Waals surface area contributed by atoms with Crippen molar-refractivity contribution in [2.45, 2.75) is 18.7 Å². The van der Waals surface area contributed by atoms with Gasteiger partial charge in [-0.1, -0.05) is 15.9 Å². The summed E-state index contributed by atoms with van der Waals surface area (Å²) in [5, 5.41) is 8.93. The highest BCUT2D eigenvalue weighted by Crippen LogP contribution is 2.43. The van der Waals surface area contributed by atoms with E-state index in [1.165, 1.54) is 0 Å². The summed E-state index contributed by atoms with van der Waals surface area (Å²) >= 11 is 6.31. The van der Waals surface area contributed by atoms with Crippen molar-refractivity contribution >= 4 is 37.8 Å². The predicted octanol–water partition coefficient (Wildman–Crippen LogP) is 3.78. The minimum absolute atomic E-state index is 0.0445. The molecule has 2 atom stereocenters. The average Bonchev–Trinajstić information content (AvgIpc) is 2.25. The lowest BCUT2D eigenvalue weighted by Crippen LogP contribution is -2.47. The zero-order valence-corrected chi connectivity index (χ0v) is 12.3. The summed E-state index contributed by atoms with van der Waals surface area (Å²) in [6.07, 6.45) is -7.30. The average molecular weight is 404 g/mol. The molecule has 0 aliphatic carbocycles. The summed E-state index contributed by atoms with van der Waals surface area (Å²) < 4.78 is 44.4. The Morgan fingerprint density at radius 1 is 1.37 bits per heavy atom. The largest absolute Gasteiger partial charge is 0.481 e. The molecule has 104 valence electrons. The molecule has 0 fully saturated rings. The van der Waals surface area contributed by atoms with Crippen molar-refractivity contribution in [3.8, 4) is 5.75 Å². The van der Waals surface area contributed by atoms with Gasteiger partial charge >= 0.3 is 12.1 Å². The number of carbonyl (C=O) groups is 1. The van der Waals surface area contributed by atoms with Crippen LogP contribution in [-0.2, 0) is 11.2 Å². The Hall–Kier alpha value is -0.760. The van der Waals surface area contributed by atoms with Crippen LogP contribution in [0.2, 0.25) is 0 Å². The van der Waals surface area contributed by atoms with Crippen LogP contribution < -0.4 is 4.74 Å². The Bertz CT molecular complexity index is 531. The lowest BCUT2D eigenvalue weighted by molar-refractivity contribution is -0.217. The zero-order chi connectivity index (χ0) is 14.4. The molecule has 0 aromatic heterocycles. The van der Waals surface area contributed by atoms with Gasteiger partial charge < -0.3 is 9.84 Å². The van der Waals surface area contributed by atoms with Gasteiger partial charge in [-0.15, -0.1) is 0 Å². The fraction of sp³-hybridized carbons (Fsp3) is 0.364. The highest BCUT2D eigenvalue weighted by atomic mass is 79.9. The molecule has 1 aromatic rings. The number of hydrogen-bond donors (Lipinski definition) is 1. The molecule has 0 saturated heterocycles. The Balaban J connectivity index is 2.48. The van der Waals surface area contributed by atoms with E-state index in [4.69, 9.17) is 9.84 Å². The van der Waals surface area contributed by atoms with Crippen molar-refractivity contribution in [1.82, 2.24) is 0 Å². The summed E-state index contributed by atoms with van der Waals surface area (Å²) in [7, 11) is 0. The van der Waals surface area contributed by atoms with Gasteiger partial charge in [-0.2, -0.15) is 13.2 Å². The van der Waals surface area contributed by atoms with Crippen LogP contribution >= 0.6 is 31.9 Å². The first-order valence-corrected chi connectivity index (χ1v) is 6.73. The number of carboxylic acids is 1. The SMILES string of the molecule is O=C(O)[C@H]1Cc2cc(Br)cc(Br)c2O[C@H]1C(F)(F)F. The van der Waals surface area contributed by atoms with Gasteiger partial charge in [0.05, 0.1) is 4.47 Å². The van der Waals surface area contributed by atoms with Gasteiger partial charge in [0.2, 0.25) is 6.10 Å². The third kappa shape index (κ3) is 2.89. The predicted molar refractivity (Wildman–Crippen MR) is 67.1 cm³/mol. The second-order valence-electron chi connectivity index (χ2n) is 4.10. The monoisotopic (exact) mass is 402 g/mol. The van der Waals surface area contributed by atoms with E-state index < -0.39 is 24.2 Å². The van der Waals surface area contributed by atoms with Crippen molar-refractivity contribution in [2.75, 3.05) is 0 Å². The van der Waals surface area contributed by atoms with Crippen LogP contribution in [0, 0.1) is 5.92 Å². The van der Waals surface area contributed by atoms with Crippen LogP contribution in [0.25, 0.3) is 0 Å². The number of fused-ring (bicyclic) bond motifs is 1. The first kappa shape index (κ1) is 14.6. The van der Waals surface area contributed by atoms with Crippen molar-refractivity contribution in [3.63, 3.8) is 0 Å². The second-order valence-corrected chi connectivity index (χ2v) is 5.87. The minimum atomic E-state index is -4.73. The Morgan fingerprint density at radius 3 is 2.53 bits per heavy atom. The molecule has 19 heavy (non-hydrogen) atoms. The van der Waals surface area contributed by atoms with E-state index in [-0.39, 0.29) is 12.2 Å². The summed E-state index contributed by atoms with van der Waals surface area (Å²) in [5.41, 5.74) is 0.425. The fourth-order valence-corrected chi connectivity index (χ4v) is 3.37. The lowest BCUT2D eigenvalue weighted by Gasteiger charge is -2.33. The van der Waals surface area contributed by atoms with Gasteiger partial charge in [0, 0.05) is 4.47 Å². The summed E-state index contributed by atoms with van der Waals surface area (Å²) in [6.45, 7) is 0. The van der Waals surface area contributed by atoms with Crippen LogP contribution in [0.1, 0.15) is 5.56 Å². The van der Waals surface area contributed by atoms with Crippen molar-refractivity contribution in [1.29, 1.82) is 0 Å². The molecule has 0 saturated carbocycles. The number of halogens is 5. The van der Waals surface area contributed by atoms with E-state index in [9.17, 15) is 18.0 Å². The molecule has 0 amide bonds. The Labute approximate surface area is 123 Å². The number of hydrogen-bond acceptors (Lipinski definition) is 2. The summed E-state index contributed by atoms with van der Waals surface area (Å²) in [6, 6.07) is 3.11. The number of alkyl halides is 3. The maximum absolute atomic E-state index is 12.8. The normalized spacial score (nSPS) is 22.6. The van der Waals surface area contributed by atoms with Crippen molar-refractivity contribution in [3.05, 3.63) is 26.6 Å². The first-order valence-electron chi connectivity index (χ1n) is 5.14. The molecule has 1 N–H and O–H groups in total. The molecular formula is C11H7Br2F3O3. The highest BCUT2D eigenvalue weighted by Gasteiger charge is 2.52. The maximum atomic E-state index is 12.8. The van der Waals surface area contributed by atoms with Crippen LogP contribution in [0.15, 0.2) is 21.1 Å². The summed E-state index contributed by atoms with van der Waals surface area (Å²) in [4.78, 5) is 11.0. The van der Waals surface area contributed by atoms with Gasteiger partial charge in [-0.3, -0.25) is 4.79 Å². The number of benzene rings is 1. The molecule has 0 radical (unpaired) electrons. The topological polar surface area (TPSA) is 46.5 Å². The van der Waals surface area contributed by atoms with Crippen LogP contribution in [0.4, 0.5) is 13.2 Å². The number of ether oxygens (including phenoxy) is 1. The number of aliphatic carboxylic acids is 1. The molecule has 2 rings (SSSR count). The van der Waals surface area contributed by atoms with Gasteiger partial charge in [0.1, 0.15) is 11.7 Å². The molecule has 1 aliphatic heterocycles. The maximum Gasteiger partial charge on any atom is 0.426 e. The number of carboxylic acid groups (broad SMARTS) is 1. The molecule has 1 aliphatic rings. The molecule has 0 spiro atoms. The Morgan fingerprint density at radius 2 is 2.00 bits per heavy atom. The minimum Gasteiger partial charge on any atom is -0.481 e. The lowest BCUT2D eigenvalue weighted by atomic mass is 9.90. The van der Waals surface area contributed by atoms with Crippen LogP contribution in [0.5, 0.6) is 5.75 Å². The van der Waals surface area contributed by atoms with E-state index in [1.54, 1.807) is 12.1 Å². The van der Waals surface area contributed by atoms with Crippen LogP contribution in [-0.4, -0.2) is 23.4 Å². The van der Waals surface area contributed by atoms with Gasteiger partial charge in [-0.25, -0.2) is 0 Å². The molecular weight excluding hydrogens is 397 g/mol. The van der Waals surface area contributed by atoms with E-state index >= 15 is 0 Å². The zero-order valence-electron chi connectivity index (χ0n) is 9.17. The van der Waals surface area contributed by atoms with E-state index in [0.717, 1.165) is 0 Å². The molecule has 1 aromatic carbocycles. The first-order chi connectivity index (χ1) is 8.70. The van der Waals surface area contributed by atoms with Crippen molar-refractivity contribution < 1.29 is 27.8 Å². The molecule has 1 heterocycles. The standard InChI is InChI=1S/C11H7Br2F3O3/c12-5-1-4-2-6(10(17)18)9(11(14,15)16)19-8(4)7(13)3-5/h1,3,6,9H,2H2,(H,17,18)/t6-,9+/m0/s1. The van der Waals surface area contributed by atoms with Crippen molar-refractivity contribution in [2.24, 2.45) is 5.92 Å². The van der Waals surface area contributed by atoms with Gasteiger partial charge in [0.25, 0.3) is 0 Å². The van der Waals surface area contributed by atoms with Crippen LogP contribution in [0.3, 0.4) is 0 Å². The second kappa shape index (κ2) is 4.97. The van der Waals surface area contributed by atoms with E-state index in [1.807, 2.05) is 0 Å². The highest BCUT2D eigenvalue weighted by molar-refractivity contribution is 9.11. The number of rotatable bonds is 1. The van der Waals surface area contributed by atoms with Gasteiger partial charge in [0.15, 0.2) is 0 Å². The molecule has 8 heteroatoms. The third-order valence-electron chi connectivity index (χ3n) is 2.78. The molecule has 0 unspecified atom stereocenters. The molecule has 3 nitrogen and oxygen atoms in total. The van der Waals surface area contributed by atoms with Gasteiger partial charge in [-0.05, 0) is 40.0 Å². The van der Waals surface area contributed by atoms with E-state index in [2.05, 4.69) is 31.9 Å². The fourth-order valence-electron chi connectivity index (χ4n) is 1.96. The Kier molecular flexibility index (Phi) is 3.83. The summed E-state index contributed by atoms with van der Waals surface area (Å²) in [5.74, 6) is -3.12.